The van der Waals surface area contributed by atoms with Gasteiger partial charge in [-0.25, -0.2) is 0 Å². The quantitative estimate of drug-likeness (QED) is 0.637. The number of anilines is 1. The van der Waals surface area contributed by atoms with Crippen molar-refractivity contribution in [3.63, 3.8) is 0 Å². The molecule has 1 aromatic carbocycles. The SMILES string of the molecule is CC(=O)Nc1ccc(O)c(B2OC(C)(C)C(C)(C)O2)c1. The van der Waals surface area contributed by atoms with Crippen molar-refractivity contribution in [3.05, 3.63) is 18.2 Å². The fourth-order valence-corrected chi connectivity index (χ4v) is 1.99. The van der Waals surface area contributed by atoms with Gasteiger partial charge in [-0.1, -0.05) is 0 Å². The molecule has 0 unspecified atom stereocenters. The van der Waals surface area contributed by atoms with Crippen molar-refractivity contribution in [2.24, 2.45) is 0 Å². The molecule has 0 atom stereocenters. The van der Waals surface area contributed by atoms with Gasteiger partial charge < -0.3 is 19.7 Å². The molecule has 108 valence electrons. The van der Waals surface area contributed by atoms with Gasteiger partial charge in [0.25, 0.3) is 0 Å². The number of nitrogens with one attached hydrogen (secondary N) is 1. The summed E-state index contributed by atoms with van der Waals surface area (Å²) >= 11 is 0. The van der Waals surface area contributed by atoms with Crippen LogP contribution in [0.4, 0.5) is 5.69 Å². The number of carbonyl (C=O) groups is 1. The average Bonchev–Trinajstić information content (AvgIpc) is 2.50. The molecule has 0 radical (unpaired) electrons. The highest BCUT2D eigenvalue weighted by atomic mass is 16.7. The monoisotopic (exact) mass is 277 g/mol. The van der Waals surface area contributed by atoms with E-state index in [1.807, 2.05) is 27.7 Å². The van der Waals surface area contributed by atoms with Crippen molar-refractivity contribution in [2.45, 2.75) is 45.8 Å². The Bertz CT molecular complexity index is 526. The van der Waals surface area contributed by atoms with Crippen LogP contribution < -0.4 is 10.8 Å². The van der Waals surface area contributed by atoms with Crippen LogP contribution in [0.1, 0.15) is 34.6 Å². The molecule has 1 amide bonds. The third-order valence-corrected chi connectivity index (χ3v) is 3.86. The molecule has 1 aromatic rings. The van der Waals surface area contributed by atoms with E-state index in [-0.39, 0.29) is 11.7 Å². The van der Waals surface area contributed by atoms with Crippen molar-refractivity contribution in [2.75, 3.05) is 5.32 Å². The van der Waals surface area contributed by atoms with Crippen LogP contribution >= 0.6 is 0 Å². The molecular formula is C14H20BNO4. The fourth-order valence-electron chi connectivity index (χ4n) is 1.99. The van der Waals surface area contributed by atoms with Crippen LogP contribution in [0.2, 0.25) is 0 Å². The summed E-state index contributed by atoms with van der Waals surface area (Å²) in [7, 11) is -0.659. The number of rotatable bonds is 2. The number of phenols is 1. The van der Waals surface area contributed by atoms with Gasteiger partial charge in [-0.2, -0.15) is 0 Å². The van der Waals surface area contributed by atoms with E-state index >= 15 is 0 Å². The van der Waals surface area contributed by atoms with E-state index in [0.717, 1.165) is 0 Å². The number of hydrogen-bond donors (Lipinski definition) is 2. The van der Waals surface area contributed by atoms with Crippen LogP contribution in [-0.2, 0) is 14.1 Å². The number of aromatic hydroxyl groups is 1. The van der Waals surface area contributed by atoms with Gasteiger partial charge in [0.2, 0.25) is 5.91 Å². The zero-order chi connectivity index (χ0) is 15.1. The Morgan fingerprint density at radius 2 is 1.75 bits per heavy atom. The lowest BCUT2D eigenvalue weighted by molar-refractivity contribution is -0.114. The molecular weight excluding hydrogens is 257 g/mol. The molecule has 0 aromatic heterocycles. The standard InChI is InChI=1S/C14H20BNO4/c1-9(17)16-10-6-7-12(18)11(8-10)15-19-13(2,3)14(4,5)20-15/h6-8,18H,1-5H3,(H,16,17). The first-order valence-corrected chi connectivity index (χ1v) is 6.58. The highest BCUT2D eigenvalue weighted by molar-refractivity contribution is 6.63. The fraction of sp³-hybridized carbons (Fsp3) is 0.500. The first kappa shape index (κ1) is 14.9. The highest BCUT2D eigenvalue weighted by Gasteiger charge is 2.52. The first-order valence-electron chi connectivity index (χ1n) is 6.58. The van der Waals surface area contributed by atoms with Gasteiger partial charge >= 0.3 is 7.12 Å². The second-order valence-corrected chi connectivity index (χ2v) is 6.04. The summed E-state index contributed by atoms with van der Waals surface area (Å²) in [6, 6.07) is 4.82. The van der Waals surface area contributed by atoms with Gasteiger partial charge in [-0.05, 0) is 45.9 Å². The highest BCUT2D eigenvalue weighted by Crippen LogP contribution is 2.37. The van der Waals surface area contributed by atoms with E-state index < -0.39 is 18.3 Å². The van der Waals surface area contributed by atoms with Crippen LogP contribution in [0.5, 0.6) is 5.75 Å². The number of amides is 1. The molecule has 0 aliphatic carbocycles. The Morgan fingerprint density at radius 3 is 2.25 bits per heavy atom. The number of hydrogen-bond acceptors (Lipinski definition) is 4. The molecule has 1 aliphatic rings. The van der Waals surface area contributed by atoms with Crippen molar-refractivity contribution < 1.29 is 19.2 Å². The molecule has 0 spiro atoms. The minimum Gasteiger partial charge on any atom is -0.508 e. The number of benzene rings is 1. The second-order valence-electron chi connectivity index (χ2n) is 6.04. The summed E-state index contributed by atoms with van der Waals surface area (Å²) in [5, 5.41) is 12.7. The Labute approximate surface area is 119 Å². The lowest BCUT2D eigenvalue weighted by Crippen LogP contribution is -2.41. The molecule has 20 heavy (non-hydrogen) atoms. The van der Waals surface area contributed by atoms with Gasteiger partial charge in [0.15, 0.2) is 0 Å². The van der Waals surface area contributed by atoms with E-state index in [1.54, 1.807) is 12.1 Å². The molecule has 1 heterocycles. The zero-order valence-corrected chi connectivity index (χ0v) is 12.5. The topological polar surface area (TPSA) is 67.8 Å². The van der Waals surface area contributed by atoms with E-state index in [4.69, 9.17) is 9.31 Å². The Morgan fingerprint density at radius 1 is 1.20 bits per heavy atom. The van der Waals surface area contributed by atoms with Crippen LogP contribution in [0, 0.1) is 0 Å². The summed E-state index contributed by atoms with van der Waals surface area (Å²) in [5.41, 5.74) is 0.150. The summed E-state index contributed by atoms with van der Waals surface area (Å²) in [5.74, 6) is -0.0897. The molecule has 0 bridgehead atoms. The van der Waals surface area contributed by atoms with Gasteiger partial charge in [-0.3, -0.25) is 4.79 Å². The van der Waals surface area contributed by atoms with Crippen molar-refractivity contribution in [1.82, 2.24) is 0 Å². The van der Waals surface area contributed by atoms with Crippen LogP contribution in [-0.4, -0.2) is 29.3 Å². The van der Waals surface area contributed by atoms with Gasteiger partial charge in [0.05, 0.1) is 11.2 Å². The minimum atomic E-state index is -0.659. The van der Waals surface area contributed by atoms with Gasteiger partial charge in [0, 0.05) is 18.1 Å². The predicted octanol–water partition coefficient (Wildman–Crippen LogP) is 1.65. The molecule has 5 nitrogen and oxygen atoms in total. The van der Waals surface area contributed by atoms with Gasteiger partial charge in [-0.15, -0.1) is 0 Å². The Kier molecular flexibility index (Phi) is 3.56. The summed E-state index contributed by atoms with van der Waals surface area (Å²) in [4.78, 5) is 11.1. The Hall–Kier alpha value is -1.53. The van der Waals surface area contributed by atoms with Crippen molar-refractivity contribution in [1.29, 1.82) is 0 Å². The third-order valence-electron chi connectivity index (χ3n) is 3.86. The minimum absolute atomic E-state index is 0.0811. The summed E-state index contributed by atoms with van der Waals surface area (Å²) < 4.78 is 11.8. The van der Waals surface area contributed by atoms with E-state index in [2.05, 4.69) is 5.32 Å². The predicted molar refractivity (Wildman–Crippen MR) is 78.1 cm³/mol. The summed E-state index contributed by atoms with van der Waals surface area (Å²) in [6.07, 6.45) is 0. The van der Waals surface area contributed by atoms with E-state index in [1.165, 1.54) is 13.0 Å². The second kappa shape index (κ2) is 4.79. The average molecular weight is 277 g/mol. The maximum Gasteiger partial charge on any atom is 0.498 e. The van der Waals surface area contributed by atoms with Crippen molar-refractivity contribution in [3.8, 4) is 5.75 Å². The molecule has 2 N–H and O–H groups in total. The number of carbonyl (C=O) groups excluding carboxylic acids is 1. The molecule has 0 saturated carbocycles. The molecule has 6 heteroatoms. The number of phenolic OH excluding ortho intramolecular Hbond substituents is 1. The van der Waals surface area contributed by atoms with Crippen LogP contribution in [0.15, 0.2) is 18.2 Å². The summed E-state index contributed by atoms with van der Waals surface area (Å²) in [6.45, 7) is 9.22. The first-order chi connectivity index (χ1) is 9.12. The molecule has 1 fully saturated rings. The maximum atomic E-state index is 11.1. The lowest BCUT2D eigenvalue weighted by Gasteiger charge is -2.32. The molecule has 1 aliphatic heterocycles. The van der Waals surface area contributed by atoms with Crippen molar-refractivity contribution >= 4 is 24.2 Å². The lowest BCUT2D eigenvalue weighted by atomic mass is 9.78. The molecule has 2 rings (SSSR count). The van der Waals surface area contributed by atoms with Crippen LogP contribution in [0.25, 0.3) is 0 Å². The third kappa shape index (κ3) is 2.67. The molecule has 1 saturated heterocycles. The smallest absolute Gasteiger partial charge is 0.498 e. The largest absolute Gasteiger partial charge is 0.508 e. The van der Waals surface area contributed by atoms with Gasteiger partial charge in [0.1, 0.15) is 5.75 Å². The van der Waals surface area contributed by atoms with Crippen LogP contribution in [0.3, 0.4) is 0 Å². The van der Waals surface area contributed by atoms with E-state index in [0.29, 0.717) is 11.2 Å². The zero-order valence-electron chi connectivity index (χ0n) is 12.5. The maximum absolute atomic E-state index is 11.1. The Balaban J connectivity index is 2.32. The normalized spacial score (nSPS) is 19.9. The van der Waals surface area contributed by atoms with E-state index in [9.17, 15) is 9.90 Å².